The number of aliphatic hydroxyl groups excluding tert-OH is 2. The Morgan fingerprint density at radius 2 is 0.719 bits per heavy atom. The zero-order valence-corrected chi connectivity index (χ0v) is 20.3. The molecule has 0 spiro atoms. The molecule has 0 rings (SSSR count). The second-order valence-electron chi connectivity index (χ2n) is 7.97. The molecule has 1 atom stereocenters. The standard InChI is InChI=1S/C22H46O10/c1-22(2,3)21(24)20-32-19-18-31-17-16-30-15-14-29-13-12-28-11-10-27-9-8-26-7-6-25-5-4-23/h21,23-24H,4-20H2,1-3H3. The lowest BCUT2D eigenvalue weighted by atomic mass is 9.90. The van der Waals surface area contributed by atoms with Crippen LogP contribution in [0.2, 0.25) is 0 Å². The van der Waals surface area contributed by atoms with Crippen LogP contribution in [0.1, 0.15) is 20.8 Å². The highest BCUT2D eigenvalue weighted by Crippen LogP contribution is 2.18. The van der Waals surface area contributed by atoms with Crippen LogP contribution in [0, 0.1) is 5.41 Å². The first-order valence-electron chi connectivity index (χ1n) is 11.4. The largest absolute Gasteiger partial charge is 0.394 e. The van der Waals surface area contributed by atoms with E-state index in [-0.39, 0.29) is 12.0 Å². The first-order valence-corrected chi connectivity index (χ1v) is 11.4. The SMILES string of the molecule is CC(C)(C)C(O)COCCOCCOCCOCCOCCOCCOCCOCCO. The number of hydrogen-bond acceptors (Lipinski definition) is 10. The Balaban J connectivity index is 3.08. The van der Waals surface area contributed by atoms with E-state index < -0.39 is 6.10 Å². The fourth-order valence-corrected chi connectivity index (χ4v) is 2.05. The van der Waals surface area contributed by atoms with Gasteiger partial charge in [0, 0.05) is 0 Å². The van der Waals surface area contributed by atoms with Crippen molar-refractivity contribution in [1.82, 2.24) is 0 Å². The average molecular weight is 471 g/mol. The molecule has 32 heavy (non-hydrogen) atoms. The molecule has 0 aromatic heterocycles. The maximum atomic E-state index is 9.84. The number of rotatable bonds is 25. The lowest BCUT2D eigenvalue weighted by Crippen LogP contribution is -2.31. The summed E-state index contributed by atoms with van der Waals surface area (Å²) in [5.74, 6) is 0. The third kappa shape index (κ3) is 24.2. The summed E-state index contributed by atoms with van der Waals surface area (Å²) in [4.78, 5) is 0. The van der Waals surface area contributed by atoms with Gasteiger partial charge in [-0.1, -0.05) is 20.8 Å². The van der Waals surface area contributed by atoms with Gasteiger partial charge in [-0.2, -0.15) is 0 Å². The van der Waals surface area contributed by atoms with E-state index in [9.17, 15) is 5.11 Å². The summed E-state index contributed by atoms with van der Waals surface area (Å²) in [5, 5.41) is 18.4. The summed E-state index contributed by atoms with van der Waals surface area (Å²) in [7, 11) is 0. The third-order valence-corrected chi connectivity index (χ3v) is 4.12. The van der Waals surface area contributed by atoms with E-state index in [1.165, 1.54) is 0 Å². The molecule has 0 heterocycles. The van der Waals surface area contributed by atoms with E-state index in [4.69, 9.17) is 43.0 Å². The van der Waals surface area contributed by atoms with Crippen LogP contribution in [0.15, 0.2) is 0 Å². The minimum atomic E-state index is -0.482. The molecule has 0 aliphatic carbocycles. The molecule has 0 fully saturated rings. The summed E-state index contributed by atoms with van der Waals surface area (Å²) in [6.07, 6.45) is -0.482. The topological polar surface area (TPSA) is 114 Å². The lowest BCUT2D eigenvalue weighted by molar-refractivity contribution is -0.0435. The van der Waals surface area contributed by atoms with E-state index in [0.717, 1.165) is 0 Å². The quantitative estimate of drug-likeness (QED) is 0.183. The zero-order chi connectivity index (χ0) is 23.8. The van der Waals surface area contributed by atoms with Crippen LogP contribution in [-0.4, -0.2) is 129 Å². The molecule has 0 saturated heterocycles. The monoisotopic (exact) mass is 470 g/mol. The molecule has 0 aromatic rings. The molecule has 0 aromatic carbocycles. The minimum absolute atomic E-state index is 0.0281. The van der Waals surface area contributed by atoms with Crippen molar-refractivity contribution in [1.29, 1.82) is 0 Å². The minimum Gasteiger partial charge on any atom is -0.394 e. The lowest BCUT2D eigenvalue weighted by Gasteiger charge is -2.25. The molecule has 10 nitrogen and oxygen atoms in total. The van der Waals surface area contributed by atoms with Gasteiger partial charge in [0.05, 0.1) is 118 Å². The summed E-state index contributed by atoms with van der Waals surface area (Å²) < 4.78 is 42.8. The predicted molar refractivity (Wildman–Crippen MR) is 119 cm³/mol. The Morgan fingerprint density at radius 3 is 0.969 bits per heavy atom. The molecule has 0 radical (unpaired) electrons. The molecule has 0 aliphatic heterocycles. The van der Waals surface area contributed by atoms with Crippen molar-refractivity contribution in [2.45, 2.75) is 26.9 Å². The van der Waals surface area contributed by atoms with Gasteiger partial charge in [-0.25, -0.2) is 0 Å². The molecule has 0 aliphatic rings. The van der Waals surface area contributed by atoms with Gasteiger partial charge in [0.25, 0.3) is 0 Å². The van der Waals surface area contributed by atoms with Gasteiger partial charge < -0.3 is 48.1 Å². The summed E-state index contributed by atoms with van der Waals surface area (Å²) in [5.41, 5.74) is -0.175. The fourth-order valence-electron chi connectivity index (χ4n) is 2.05. The van der Waals surface area contributed by atoms with Gasteiger partial charge in [-0.15, -0.1) is 0 Å². The molecular weight excluding hydrogens is 424 g/mol. The van der Waals surface area contributed by atoms with Crippen LogP contribution in [0.25, 0.3) is 0 Å². The summed E-state index contributed by atoms with van der Waals surface area (Å²) in [6, 6.07) is 0. The van der Waals surface area contributed by atoms with Crippen LogP contribution in [0.3, 0.4) is 0 Å². The van der Waals surface area contributed by atoms with Gasteiger partial charge in [0.15, 0.2) is 0 Å². The third-order valence-electron chi connectivity index (χ3n) is 4.12. The van der Waals surface area contributed by atoms with E-state index in [1.807, 2.05) is 20.8 Å². The zero-order valence-electron chi connectivity index (χ0n) is 20.3. The normalized spacial score (nSPS) is 13.0. The fraction of sp³-hybridized carbons (Fsp3) is 1.00. The molecule has 10 heteroatoms. The van der Waals surface area contributed by atoms with Crippen molar-refractivity contribution in [2.75, 3.05) is 112 Å². The second-order valence-corrected chi connectivity index (χ2v) is 7.97. The second kappa shape index (κ2) is 23.7. The van der Waals surface area contributed by atoms with Crippen molar-refractivity contribution in [3.05, 3.63) is 0 Å². The highest BCUT2D eigenvalue weighted by molar-refractivity contribution is 4.71. The molecule has 194 valence electrons. The maximum absolute atomic E-state index is 9.84. The molecule has 0 bridgehead atoms. The van der Waals surface area contributed by atoms with E-state index in [0.29, 0.717) is 106 Å². The molecular formula is C22H46O10. The van der Waals surface area contributed by atoms with Crippen LogP contribution in [-0.2, 0) is 37.9 Å². The Labute approximate surface area is 193 Å². The van der Waals surface area contributed by atoms with Crippen molar-refractivity contribution in [3.8, 4) is 0 Å². The van der Waals surface area contributed by atoms with Crippen molar-refractivity contribution in [3.63, 3.8) is 0 Å². The van der Waals surface area contributed by atoms with Gasteiger partial charge >= 0.3 is 0 Å². The predicted octanol–water partition coefficient (Wildman–Crippen LogP) is 0.519. The molecule has 0 amide bonds. The van der Waals surface area contributed by atoms with Crippen molar-refractivity contribution < 1.29 is 48.1 Å². The molecule has 0 saturated carbocycles. The Bertz CT molecular complexity index is 365. The maximum Gasteiger partial charge on any atom is 0.0821 e. The first kappa shape index (κ1) is 31.6. The summed E-state index contributed by atoms with van der Waals surface area (Å²) in [6.45, 7) is 13.6. The van der Waals surface area contributed by atoms with Crippen molar-refractivity contribution >= 4 is 0 Å². The van der Waals surface area contributed by atoms with Crippen LogP contribution in [0.5, 0.6) is 0 Å². The number of hydrogen-bond donors (Lipinski definition) is 2. The Kier molecular flexibility index (Phi) is 23.5. The Hall–Kier alpha value is -0.400. The van der Waals surface area contributed by atoms with Gasteiger partial charge in [-0.05, 0) is 5.41 Å². The van der Waals surface area contributed by atoms with E-state index >= 15 is 0 Å². The number of ether oxygens (including phenoxy) is 8. The highest BCUT2D eigenvalue weighted by Gasteiger charge is 2.21. The van der Waals surface area contributed by atoms with Crippen LogP contribution >= 0.6 is 0 Å². The van der Waals surface area contributed by atoms with Gasteiger partial charge in [0.2, 0.25) is 0 Å². The first-order chi connectivity index (χ1) is 15.5. The van der Waals surface area contributed by atoms with Crippen LogP contribution < -0.4 is 0 Å². The smallest absolute Gasteiger partial charge is 0.0821 e. The van der Waals surface area contributed by atoms with Gasteiger partial charge in [-0.3, -0.25) is 0 Å². The van der Waals surface area contributed by atoms with E-state index in [1.54, 1.807) is 0 Å². The highest BCUT2D eigenvalue weighted by atomic mass is 16.6. The molecule has 1 unspecified atom stereocenters. The molecule has 2 N–H and O–H groups in total. The van der Waals surface area contributed by atoms with Crippen molar-refractivity contribution in [2.24, 2.45) is 5.41 Å². The Morgan fingerprint density at radius 1 is 0.469 bits per heavy atom. The number of aliphatic hydroxyl groups is 2. The van der Waals surface area contributed by atoms with E-state index in [2.05, 4.69) is 0 Å². The van der Waals surface area contributed by atoms with Crippen LogP contribution in [0.4, 0.5) is 0 Å². The van der Waals surface area contributed by atoms with Gasteiger partial charge in [0.1, 0.15) is 0 Å². The average Bonchev–Trinajstić information content (AvgIpc) is 2.76. The summed E-state index contributed by atoms with van der Waals surface area (Å²) >= 11 is 0.